The maximum atomic E-state index is 12.3. The second-order valence-electron chi connectivity index (χ2n) is 4.07. The van der Waals surface area contributed by atoms with Gasteiger partial charge in [0.2, 0.25) is 0 Å². The first-order chi connectivity index (χ1) is 7.97. The predicted molar refractivity (Wildman–Crippen MR) is 61.3 cm³/mol. The lowest BCUT2D eigenvalue weighted by Crippen LogP contribution is -2.30. The van der Waals surface area contributed by atoms with Crippen LogP contribution in [0.4, 0.5) is 13.2 Å². The van der Waals surface area contributed by atoms with Crippen molar-refractivity contribution in [2.24, 2.45) is 0 Å². The van der Waals surface area contributed by atoms with Crippen LogP contribution in [0.2, 0.25) is 0 Å². The summed E-state index contributed by atoms with van der Waals surface area (Å²) in [6.07, 6.45) is -5.17. The molecule has 1 aromatic carbocycles. The number of halogens is 3. The van der Waals surface area contributed by atoms with Crippen molar-refractivity contribution in [3.63, 3.8) is 0 Å². The molecule has 0 bridgehead atoms. The second kappa shape index (κ2) is 4.90. The minimum Gasteiger partial charge on any atom is -0.368 e. The molecule has 0 radical (unpaired) electrons. The van der Waals surface area contributed by atoms with Crippen LogP contribution in [0.5, 0.6) is 0 Å². The van der Waals surface area contributed by atoms with Gasteiger partial charge in [-0.25, -0.2) is 0 Å². The lowest BCUT2D eigenvalue weighted by atomic mass is 10.1. The normalized spacial score (nSPS) is 21.3. The van der Waals surface area contributed by atoms with Crippen LogP contribution in [0.15, 0.2) is 29.2 Å². The number of ether oxygens (including phenoxy) is 1. The summed E-state index contributed by atoms with van der Waals surface area (Å²) >= 11 is 1.60. The average Bonchev–Trinajstić information content (AvgIpc) is 2.66. The first-order valence-electron chi connectivity index (χ1n) is 5.39. The van der Waals surface area contributed by atoms with Gasteiger partial charge in [0, 0.05) is 10.1 Å². The highest BCUT2D eigenvalue weighted by Crippen LogP contribution is 2.37. The van der Waals surface area contributed by atoms with E-state index in [0.717, 1.165) is 18.2 Å². The molecule has 5 heteroatoms. The minimum atomic E-state index is -4.27. The van der Waals surface area contributed by atoms with Crippen molar-refractivity contribution in [3.05, 3.63) is 29.8 Å². The molecule has 2 unspecified atom stereocenters. The summed E-state index contributed by atoms with van der Waals surface area (Å²) < 4.78 is 41.6. The van der Waals surface area contributed by atoms with Gasteiger partial charge in [-0.05, 0) is 25.0 Å². The van der Waals surface area contributed by atoms with Gasteiger partial charge in [-0.2, -0.15) is 13.2 Å². The van der Waals surface area contributed by atoms with Crippen LogP contribution in [-0.4, -0.2) is 24.1 Å². The molecule has 0 saturated carbocycles. The Morgan fingerprint density at radius 2 is 2.12 bits per heavy atom. The summed E-state index contributed by atoms with van der Waals surface area (Å²) in [6.45, 7) is 1.19. The fourth-order valence-corrected chi connectivity index (χ4v) is 2.92. The van der Waals surface area contributed by atoms with Gasteiger partial charge in [0.15, 0.2) is 6.10 Å². The van der Waals surface area contributed by atoms with Crippen LogP contribution in [0.25, 0.3) is 0 Å². The third-order valence-electron chi connectivity index (χ3n) is 2.71. The number of hydrogen-bond acceptors (Lipinski definition) is 2. The summed E-state index contributed by atoms with van der Waals surface area (Å²) in [5.41, 5.74) is 1.20. The fourth-order valence-electron chi connectivity index (χ4n) is 1.69. The van der Waals surface area contributed by atoms with Crippen LogP contribution in [0.3, 0.4) is 0 Å². The van der Waals surface area contributed by atoms with Crippen molar-refractivity contribution in [1.29, 1.82) is 0 Å². The Kier molecular flexibility index (Phi) is 3.68. The number of alkyl halides is 3. The Morgan fingerprint density at radius 3 is 2.76 bits per heavy atom. The van der Waals surface area contributed by atoms with Gasteiger partial charge in [0.1, 0.15) is 0 Å². The Morgan fingerprint density at radius 1 is 1.41 bits per heavy atom. The fraction of sp³-hybridized carbons (Fsp3) is 0.500. The van der Waals surface area contributed by atoms with E-state index < -0.39 is 12.3 Å². The Balaban J connectivity index is 1.85. The molecule has 0 aromatic heterocycles. The standard InChI is InChI=1S/C12H13F3OS/c1-8(12(13,14)15)16-7-10-6-9-4-2-3-5-11(9)17-10/h2-5,8,10H,6-7H2,1H3. The van der Waals surface area contributed by atoms with E-state index in [1.54, 1.807) is 11.8 Å². The molecule has 94 valence electrons. The van der Waals surface area contributed by atoms with E-state index in [9.17, 15) is 13.2 Å². The first-order valence-corrected chi connectivity index (χ1v) is 6.27. The smallest absolute Gasteiger partial charge is 0.368 e. The summed E-state index contributed by atoms with van der Waals surface area (Å²) in [7, 11) is 0. The van der Waals surface area contributed by atoms with Crippen molar-refractivity contribution in [2.45, 2.75) is 35.8 Å². The van der Waals surface area contributed by atoms with Gasteiger partial charge >= 0.3 is 6.18 Å². The van der Waals surface area contributed by atoms with Crippen molar-refractivity contribution in [2.75, 3.05) is 6.61 Å². The first kappa shape index (κ1) is 12.8. The zero-order chi connectivity index (χ0) is 12.5. The van der Waals surface area contributed by atoms with Gasteiger partial charge < -0.3 is 4.74 Å². The highest BCUT2D eigenvalue weighted by atomic mass is 32.2. The summed E-state index contributed by atoms with van der Waals surface area (Å²) in [6, 6.07) is 7.89. The van der Waals surface area contributed by atoms with Crippen LogP contribution in [-0.2, 0) is 11.2 Å². The number of fused-ring (bicyclic) bond motifs is 1. The molecule has 17 heavy (non-hydrogen) atoms. The highest BCUT2D eigenvalue weighted by Gasteiger charge is 2.37. The molecule has 0 amide bonds. The van der Waals surface area contributed by atoms with E-state index >= 15 is 0 Å². The Bertz CT molecular complexity index is 367. The SMILES string of the molecule is CC(OCC1Cc2ccccc2S1)C(F)(F)F. The predicted octanol–water partition coefficient (Wildman–Crippen LogP) is 3.67. The van der Waals surface area contributed by atoms with Gasteiger partial charge in [-0.1, -0.05) is 18.2 Å². The molecule has 2 rings (SSSR count). The van der Waals surface area contributed by atoms with Gasteiger partial charge in [-0.15, -0.1) is 11.8 Å². The van der Waals surface area contributed by atoms with Crippen molar-refractivity contribution in [1.82, 2.24) is 0 Å². The summed E-state index contributed by atoms with van der Waals surface area (Å²) in [4.78, 5) is 1.15. The van der Waals surface area contributed by atoms with E-state index in [-0.39, 0.29) is 11.9 Å². The lowest BCUT2D eigenvalue weighted by molar-refractivity contribution is -0.213. The van der Waals surface area contributed by atoms with Gasteiger partial charge in [0.25, 0.3) is 0 Å². The molecule has 1 nitrogen and oxygen atoms in total. The third-order valence-corrected chi connectivity index (χ3v) is 4.00. The molecule has 0 saturated heterocycles. The lowest BCUT2D eigenvalue weighted by Gasteiger charge is -2.18. The van der Waals surface area contributed by atoms with E-state index in [0.29, 0.717) is 0 Å². The molecule has 1 heterocycles. The number of rotatable bonds is 3. The van der Waals surface area contributed by atoms with Gasteiger partial charge in [0.05, 0.1) is 6.61 Å². The molecule has 0 aliphatic carbocycles. The molecule has 1 aromatic rings. The molecule has 0 fully saturated rings. The third kappa shape index (κ3) is 3.16. The summed E-state index contributed by atoms with van der Waals surface area (Å²) in [5.74, 6) is 0. The van der Waals surface area contributed by atoms with Crippen LogP contribution in [0.1, 0.15) is 12.5 Å². The number of thioether (sulfide) groups is 1. The largest absolute Gasteiger partial charge is 0.414 e. The molecular weight excluding hydrogens is 249 g/mol. The Labute approximate surface area is 102 Å². The monoisotopic (exact) mass is 262 g/mol. The van der Waals surface area contributed by atoms with E-state index in [4.69, 9.17) is 4.74 Å². The van der Waals surface area contributed by atoms with E-state index in [1.165, 1.54) is 5.56 Å². The number of benzene rings is 1. The van der Waals surface area contributed by atoms with Crippen LogP contribution >= 0.6 is 11.8 Å². The van der Waals surface area contributed by atoms with Crippen LogP contribution in [0, 0.1) is 0 Å². The van der Waals surface area contributed by atoms with Crippen LogP contribution < -0.4 is 0 Å². The van der Waals surface area contributed by atoms with Crippen molar-refractivity contribution in [3.8, 4) is 0 Å². The summed E-state index contributed by atoms with van der Waals surface area (Å²) in [5, 5.41) is 0.0946. The number of hydrogen-bond donors (Lipinski definition) is 0. The van der Waals surface area contributed by atoms with Gasteiger partial charge in [-0.3, -0.25) is 0 Å². The minimum absolute atomic E-state index is 0.0946. The average molecular weight is 262 g/mol. The van der Waals surface area contributed by atoms with E-state index in [1.807, 2.05) is 24.3 Å². The molecule has 2 atom stereocenters. The zero-order valence-corrected chi connectivity index (χ0v) is 10.1. The maximum Gasteiger partial charge on any atom is 0.414 e. The topological polar surface area (TPSA) is 9.23 Å². The highest BCUT2D eigenvalue weighted by molar-refractivity contribution is 8.00. The van der Waals surface area contributed by atoms with Crippen molar-refractivity contribution < 1.29 is 17.9 Å². The molecule has 1 aliphatic rings. The van der Waals surface area contributed by atoms with E-state index in [2.05, 4.69) is 0 Å². The zero-order valence-electron chi connectivity index (χ0n) is 9.33. The second-order valence-corrected chi connectivity index (χ2v) is 5.41. The Hall–Kier alpha value is -0.680. The molecule has 1 aliphatic heterocycles. The maximum absolute atomic E-state index is 12.3. The molecular formula is C12H13F3OS. The quantitative estimate of drug-likeness (QED) is 0.822. The molecule has 0 spiro atoms. The van der Waals surface area contributed by atoms with Crippen molar-refractivity contribution >= 4 is 11.8 Å². The molecule has 0 N–H and O–H groups in total.